The van der Waals surface area contributed by atoms with Crippen molar-refractivity contribution in [3.05, 3.63) is 22.8 Å². The molecular formula is C24H29ClO6. The van der Waals surface area contributed by atoms with Gasteiger partial charge >= 0.3 is 11.9 Å². The van der Waals surface area contributed by atoms with Crippen LogP contribution in [0.4, 0.5) is 0 Å². The van der Waals surface area contributed by atoms with Gasteiger partial charge in [-0.25, -0.2) is 4.79 Å². The van der Waals surface area contributed by atoms with E-state index in [-0.39, 0.29) is 48.5 Å². The summed E-state index contributed by atoms with van der Waals surface area (Å²) < 4.78 is 11.2. The first-order valence-electron chi connectivity index (χ1n) is 11.1. The number of Topliss-reactive ketones (excluding diaryl/α,β-unsaturated/α-hetero) is 1. The Kier molecular flexibility index (Phi) is 4.26. The monoisotopic (exact) mass is 448 g/mol. The summed E-state index contributed by atoms with van der Waals surface area (Å²) in [6, 6.07) is 0. The van der Waals surface area contributed by atoms with Gasteiger partial charge in [0.2, 0.25) is 0 Å². The number of ketones is 1. The van der Waals surface area contributed by atoms with Gasteiger partial charge in [0.15, 0.2) is 11.4 Å². The molecule has 6 nitrogen and oxygen atoms in total. The average Bonchev–Trinajstić information content (AvgIpc) is 2.72. The Labute approximate surface area is 187 Å². The van der Waals surface area contributed by atoms with Crippen LogP contribution >= 0.6 is 11.6 Å². The highest BCUT2D eigenvalue weighted by atomic mass is 35.5. The maximum absolute atomic E-state index is 13.0. The number of hydrogen-bond donors (Lipinski definition) is 1. The predicted octanol–water partition coefficient (Wildman–Crippen LogP) is 3.31. The third-order valence-corrected chi connectivity index (χ3v) is 9.72. The van der Waals surface area contributed by atoms with Crippen LogP contribution in [0.25, 0.3) is 0 Å². The number of hydrogen-bond acceptors (Lipinski definition) is 6. The fraction of sp³-hybridized carbons (Fsp3) is 0.708. The summed E-state index contributed by atoms with van der Waals surface area (Å²) in [7, 11) is 0. The number of fused-ring (bicyclic) bond motifs is 4. The molecule has 3 fully saturated rings. The van der Waals surface area contributed by atoms with Crippen LogP contribution in [0.5, 0.6) is 0 Å². The minimum atomic E-state index is -1.33. The van der Waals surface area contributed by atoms with E-state index in [1.165, 1.54) is 19.9 Å². The molecule has 5 rings (SSSR count). The summed E-state index contributed by atoms with van der Waals surface area (Å²) in [4.78, 5) is 37.0. The summed E-state index contributed by atoms with van der Waals surface area (Å²) in [6.45, 7) is 7.16. The molecule has 0 aromatic carbocycles. The van der Waals surface area contributed by atoms with Crippen molar-refractivity contribution in [1.82, 2.24) is 0 Å². The van der Waals surface area contributed by atoms with Gasteiger partial charge in [-0.1, -0.05) is 31.5 Å². The Hall–Kier alpha value is -1.66. The van der Waals surface area contributed by atoms with Gasteiger partial charge in [0, 0.05) is 41.2 Å². The van der Waals surface area contributed by atoms with E-state index in [9.17, 15) is 19.5 Å². The number of carbonyl (C=O) groups excluding carboxylic acids is 3. The van der Waals surface area contributed by atoms with Gasteiger partial charge in [-0.15, -0.1) is 0 Å². The standard InChI is InChI=1S/C24H29ClO6/c1-12(26)24(31-13(2)27)10-23(29)9-15-14-7-18(25)17-8-19(28)30-11-21(17,3)16(14)5-6-22(24,4)20(15)23/h7-8,14-16,20,29H,5-6,9-11H2,1-4H3/t14?,15?,16?,20?,21?,22?,23?,24-/m0/s1. The molecule has 1 aliphatic heterocycles. The minimum absolute atomic E-state index is 0.0960. The Balaban J connectivity index is 1.64. The fourth-order valence-electron chi connectivity index (χ4n) is 8.19. The number of ether oxygens (including phenoxy) is 2. The van der Waals surface area contributed by atoms with Crippen LogP contribution in [0.2, 0.25) is 0 Å². The van der Waals surface area contributed by atoms with Crippen molar-refractivity contribution < 1.29 is 29.0 Å². The molecule has 0 saturated heterocycles. The molecule has 0 aromatic rings. The molecule has 31 heavy (non-hydrogen) atoms. The first kappa shape index (κ1) is 21.2. The molecule has 0 radical (unpaired) electrons. The van der Waals surface area contributed by atoms with Gasteiger partial charge in [0.25, 0.3) is 0 Å². The maximum Gasteiger partial charge on any atom is 0.331 e. The largest absolute Gasteiger partial charge is 0.462 e. The average molecular weight is 449 g/mol. The molecule has 168 valence electrons. The van der Waals surface area contributed by atoms with E-state index in [1.54, 1.807) is 0 Å². The van der Waals surface area contributed by atoms with E-state index in [1.807, 2.05) is 13.0 Å². The number of allylic oxidation sites excluding steroid dienone is 2. The summed E-state index contributed by atoms with van der Waals surface area (Å²) in [5.74, 6) is -0.893. The van der Waals surface area contributed by atoms with E-state index in [0.717, 1.165) is 12.0 Å². The lowest BCUT2D eigenvalue weighted by molar-refractivity contribution is -0.183. The van der Waals surface area contributed by atoms with E-state index in [0.29, 0.717) is 17.9 Å². The topological polar surface area (TPSA) is 89.9 Å². The molecule has 1 N–H and O–H groups in total. The highest BCUT2D eigenvalue weighted by Crippen LogP contribution is 2.74. The second-order valence-corrected chi connectivity index (χ2v) is 11.2. The van der Waals surface area contributed by atoms with E-state index in [4.69, 9.17) is 21.1 Å². The second-order valence-electron chi connectivity index (χ2n) is 10.8. The highest BCUT2D eigenvalue weighted by Gasteiger charge is 2.79. The number of halogens is 1. The van der Waals surface area contributed by atoms with Crippen LogP contribution < -0.4 is 0 Å². The number of carbonyl (C=O) groups is 3. The van der Waals surface area contributed by atoms with Gasteiger partial charge in [-0.05, 0) is 49.5 Å². The number of cyclic esters (lactones) is 1. The lowest BCUT2D eigenvalue weighted by Crippen LogP contribution is -2.59. The van der Waals surface area contributed by atoms with E-state index < -0.39 is 28.0 Å². The van der Waals surface area contributed by atoms with Crippen molar-refractivity contribution >= 4 is 29.3 Å². The van der Waals surface area contributed by atoms with Gasteiger partial charge in [0.05, 0.1) is 5.60 Å². The van der Waals surface area contributed by atoms with Gasteiger partial charge in [0.1, 0.15) is 6.61 Å². The van der Waals surface area contributed by atoms with Crippen LogP contribution in [-0.2, 0) is 23.9 Å². The maximum atomic E-state index is 13.0. The van der Waals surface area contributed by atoms with Crippen LogP contribution in [0.1, 0.15) is 53.4 Å². The third-order valence-electron chi connectivity index (χ3n) is 9.39. The van der Waals surface area contributed by atoms with Crippen LogP contribution in [0.3, 0.4) is 0 Å². The second kappa shape index (κ2) is 6.22. The van der Waals surface area contributed by atoms with Crippen molar-refractivity contribution in [2.24, 2.45) is 34.5 Å². The quantitative estimate of drug-likeness (QED) is 0.652. The number of esters is 2. The number of rotatable bonds is 2. The zero-order chi connectivity index (χ0) is 22.6. The molecule has 8 atom stereocenters. The molecule has 0 amide bonds. The van der Waals surface area contributed by atoms with Crippen molar-refractivity contribution in [2.45, 2.75) is 64.6 Å². The van der Waals surface area contributed by atoms with Crippen molar-refractivity contribution in [2.75, 3.05) is 6.61 Å². The Bertz CT molecular complexity index is 969. The third kappa shape index (κ3) is 2.46. The van der Waals surface area contributed by atoms with E-state index >= 15 is 0 Å². The molecular weight excluding hydrogens is 420 g/mol. The summed E-state index contributed by atoms with van der Waals surface area (Å²) in [5, 5.41) is 12.1. The zero-order valence-corrected chi connectivity index (χ0v) is 19.1. The molecule has 7 heteroatoms. The molecule has 3 saturated carbocycles. The van der Waals surface area contributed by atoms with E-state index in [2.05, 4.69) is 6.92 Å². The fourth-order valence-corrected chi connectivity index (χ4v) is 8.61. The van der Waals surface area contributed by atoms with Crippen LogP contribution in [0.15, 0.2) is 22.8 Å². The van der Waals surface area contributed by atoms with Crippen molar-refractivity contribution in [3.8, 4) is 0 Å². The number of aliphatic hydroxyl groups is 1. The molecule has 5 aliphatic rings. The normalized spacial score (nSPS) is 49.8. The summed E-state index contributed by atoms with van der Waals surface area (Å²) >= 11 is 6.69. The summed E-state index contributed by atoms with van der Waals surface area (Å²) in [6.07, 6.45) is 5.64. The zero-order valence-electron chi connectivity index (χ0n) is 18.4. The van der Waals surface area contributed by atoms with Crippen molar-refractivity contribution in [1.29, 1.82) is 0 Å². The molecule has 0 spiro atoms. The van der Waals surface area contributed by atoms with Crippen LogP contribution in [-0.4, -0.2) is 40.6 Å². The SMILES string of the molecule is CC(=O)O[C@]1(C(C)=O)CC2(O)CC3C4C=C(Cl)C5=CC(=O)OCC5(C)C4CCC1(C)C32. The minimum Gasteiger partial charge on any atom is -0.462 e. The van der Waals surface area contributed by atoms with Crippen LogP contribution in [0, 0.1) is 34.5 Å². The molecule has 0 bridgehead atoms. The summed E-state index contributed by atoms with van der Waals surface area (Å²) in [5.41, 5.74) is -2.65. The van der Waals surface area contributed by atoms with Gasteiger partial charge in [-0.3, -0.25) is 9.59 Å². The van der Waals surface area contributed by atoms with Crippen molar-refractivity contribution in [3.63, 3.8) is 0 Å². The Morgan fingerprint density at radius 2 is 2.00 bits per heavy atom. The molecule has 7 unspecified atom stereocenters. The van der Waals surface area contributed by atoms with Gasteiger partial charge < -0.3 is 14.6 Å². The highest BCUT2D eigenvalue weighted by molar-refractivity contribution is 6.32. The lowest BCUT2D eigenvalue weighted by Gasteiger charge is -2.57. The lowest BCUT2D eigenvalue weighted by atomic mass is 9.50. The Morgan fingerprint density at radius 3 is 2.65 bits per heavy atom. The molecule has 1 heterocycles. The molecule has 4 aliphatic carbocycles. The predicted molar refractivity (Wildman–Crippen MR) is 112 cm³/mol. The smallest absolute Gasteiger partial charge is 0.331 e. The first-order valence-corrected chi connectivity index (χ1v) is 11.5. The first-order chi connectivity index (χ1) is 14.4. The molecule has 0 aromatic heterocycles. The Morgan fingerprint density at radius 1 is 1.29 bits per heavy atom. The van der Waals surface area contributed by atoms with Gasteiger partial charge in [-0.2, -0.15) is 0 Å².